The molecular weight excluding hydrogens is 334 g/mol. The molecule has 7 nitrogen and oxygen atoms in total. The lowest BCUT2D eigenvalue weighted by atomic mass is 9.89. The smallest absolute Gasteiger partial charge is 0.223 e. The molecule has 1 amide bonds. The van der Waals surface area contributed by atoms with Crippen LogP contribution in [0.4, 0.5) is 0 Å². The topological polar surface area (TPSA) is 110 Å². The number of aliphatic hydroxyl groups is 3. The van der Waals surface area contributed by atoms with Crippen LogP contribution in [-0.2, 0) is 11.2 Å². The second-order valence-electron chi connectivity index (χ2n) is 8.10. The first-order valence-corrected chi connectivity index (χ1v) is 9.73. The van der Waals surface area contributed by atoms with Crippen LogP contribution in [0.5, 0.6) is 0 Å². The first-order chi connectivity index (χ1) is 12.4. The molecule has 7 heteroatoms. The van der Waals surface area contributed by atoms with Gasteiger partial charge in [0.15, 0.2) is 0 Å². The summed E-state index contributed by atoms with van der Waals surface area (Å²) in [5, 5.41) is 31.0. The summed E-state index contributed by atoms with van der Waals surface area (Å²) in [4.78, 5) is 21.6. The van der Waals surface area contributed by atoms with Crippen LogP contribution in [0.25, 0.3) is 0 Å². The highest BCUT2D eigenvalue weighted by molar-refractivity contribution is 5.76. The van der Waals surface area contributed by atoms with Crippen LogP contribution < -0.4 is 0 Å². The van der Waals surface area contributed by atoms with E-state index in [-0.39, 0.29) is 30.5 Å². The first kappa shape index (κ1) is 19.3. The Bertz CT molecular complexity index is 578. The molecule has 26 heavy (non-hydrogen) atoms. The number of hydrogen-bond acceptors (Lipinski definition) is 5. The van der Waals surface area contributed by atoms with Gasteiger partial charge >= 0.3 is 0 Å². The van der Waals surface area contributed by atoms with Crippen molar-refractivity contribution in [3.63, 3.8) is 0 Å². The molecule has 0 aliphatic heterocycles. The molecule has 3 rings (SSSR count). The standard InChI is InChI=1S/C19H31N3O4/c1-19(26,13-2-3-13)17(24)11-22(15-5-7-16(23)8-6-15)18(25)9-4-14-10-20-12-21-14/h10,12-13,15-17,23-24,26H,2-9,11H2,1H3,(H,20,21). The summed E-state index contributed by atoms with van der Waals surface area (Å²) < 4.78 is 0. The van der Waals surface area contributed by atoms with Gasteiger partial charge in [-0.15, -0.1) is 0 Å². The van der Waals surface area contributed by atoms with Gasteiger partial charge in [0.25, 0.3) is 0 Å². The van der Waals surface area contributed by atoms with E-state index < -0.39 is 11.7 Å². The number of amides is 1. The van der Waals surface area contributed by atoms with Gasteiger partial charge in [-0.2, -0.15) is 0 Å². The Hall–Kier alpha value is -1.44. The molecule has 2 saturated carbocycles. The maximum atomic E-state index is 12.9. The SMILES string of the molecule is CC(O)(C(O)CN(C(=O)CCc1cnc[nH]1)C1CCC(O)CC1)C1CC1. The monoisotopic (exact) mass is 365 g/mol. The summed E-state index contributed by atoms with van der Waals surface area (Å²) in [6, 6.07) is 0.0114. The minimum Gasteiger partial charge on any atom is -0.393 e. The highest BCUT2D eigenvalue weighted by Crippen LogP contribution is 2.41. The number of nitrogens with zero attached hydrogens (tertiary/aromatic N) is 2. The highest BCUT2D eigenvalue weighted by Gasteiger charge is 2.46. The Morgan fingerprint density at radius 2 is 2.04 bits per heavy atom. The van der Waals surface area contributed by atoms with E-state index in [9.17, 15) is 20.1 Å². The molecule has 4 N–H and O–H groups in total. The van der Waals surface area contributed by atoms with Crippen molar-refractivity contribution in [2.45, 2.75) is 82.1 Å². The molecule has 2 aliphatic carbocycles. The van der Waals surface area contributed by atoms with Crippen molar-refractivity contribution in [1.29, 1.82) is 0 Å². The molecule has 0 bridgehead atoms. The van der Waals surface area contributed by atoms with Crippen LogP contribution in [0.3, 0.4) is 0 Å². The average molecular weight is 365 g/mol. The Kier molecular flexibility index (Phi) is 5.99. The maximum Gasteiger partial charge on any atom is 0.223 e. The number of aromatic nitrogens is 2. The molecule has 2 aliphatic rings. The molecule has 2 unspecified atom stereocenters. The summed E-state index contributed by atoms with van der Waals surface area (Å²) in [5.74, 6) is 0.0965. The van der Waals surface area contributed by atoms with E-state index in [1.807, 2.05) is 0 Å². The number of nitrogens with one attached hydrogen (secondary N) is 1. The fourth-order valence-electron chi connectivity index (χ4n) is 3.94. The van der Waals surface area contributed by atoms with Crippen molar-refractivity contribution in [3.05, 3.63) is 18.2 Å². The summed E-state index contributed by atoms with van der Waals surface area (Å²) in [6.07, 6.45) is 7.60. The molecule has 0 spiro atoms. The highest BCUT2D eigenvalue weighted by atomic mass is 16.3. The predicted molar refractivity (Wildman–Crippen MR) is 96.2 cm³/mol. The van der Waals surface area contributed by atoms with Gasteiger partial charge in [-0.25, -0.2) is 4.98 Å². The summed E-state index contributed by atoms with van der Waals surface area (Å²) in [6.45, 7) is 1.82. The van der Waals surface area contributed by atoms with Gasteiger partial charge in [-0.05, 0) is 57.8 Å². The average Bonchev–Trinajstić information content (AvgIpc) is 3.36. The number of imidazole rings is 1. The third kappa shape index (κ3) is 4.64. The van der Waals surface area contributed by atoms with Gasteiger partial charge in [-0.1, -0.05) is 0 Å². The maximum absolute atomic E-state index is 12.9. The Morgan fingerprint density at radius 1 is 1.35 bits per heavy atom. The summed E-state index contributed by atoms with van der Waals surface area (Å²) in [7, 11) is 0. The third-order valence-corrected chi connectivity index (χ3v) is 6.04. The fraction of sp³-hybridized carbons (Fsp3) is 0.789. The number of rotatable bonds is 8. The van der Waals surface area contributed by atoms with Gasteiger partial charge < -0.3 is 25.2 Å². The molecule has 1 heterocycles. The van der Waals surface area contributed by atoms with Crippen molar-refractivity contribution in [2.75, 3.05) is 6.54 Å². The van der Waals surface area contributed by atoms with Crippen molar-refractivity contribution < 1.29 is 20.1 Å². The molecule has 1 aromatic rings. The second-order valence-corrected chi connectivity index (χ2v) is 8.10. The molecule has 0 saturated heterocycles. The van der Waals surface area contributed by atoms with E-state index in [0.29, 0.717) is 25.7 Å². The second kappa shape index (κ2) is 8.06. The molecule has 0 radical (unpaired) electrons. The Balaban J connectivity index is 1.65. The van der Waals surface area contributed by atoms with Gasteiger partial charge in [0, 0.05) is 30.9 Å². The van der Waals surface area contributed by atoms with Crippen LogP contribution >= 0.6 is 0 Å². The van der Waals surface area contributed by atoms with Crippen molar-refractivity contribution in [3.8, 4) is 0 Å². The van der Waals surface area contributed by atoms with E-state index >= 15 is 0 Å². The van der Waals surface area contributed by atoms with Crippen LogP contribution in [0.15, 0.2) is 12.5 Å². The van der Waals surface area contributed by atoms with E-state index in [4.69, 9.17) is 0 Å². The number of carbonyl (C=O) groups is 1. The fourth-order valence-corrected chi connectivity index (χ4v) is 3.94. The first-order valence-electron chi connectivity index (χ1n) is 9.73. The minimum atomic E-state index is -1.16. The molecule has 2 fully saturated rings. The van der Waals surface area contributed by atoms with Crippen molar-refractivity contribution in [2.24, 2.45) is 5.92 Å². The summed E-state index contributed by atoms with van der Waals surface area (Å²) in [5.41, 5.74) is -0.251. The quantitative estimate of drug-likeness (QED) is 0.549. The van der Waals surface area contributed by atoms with Gasteiger partial charge in [0.1, 0.15) is 6.10 Å². The lowest BCUT2D eigenvalue weighted by Crippen LogP contribution is -2.53. The minimum absolute atomic E-state index is 0.0114. The number of aromatic amines is 1. The van der Waals surface area contributed by atoms with Gasteiger partial charge in [0.2, 0.25) is 5.91 Å². The lowest BCUT2D eigenvalue weighted by molar-refractivity contribution is -0.142. The van der Waals surface area contributed by atoms with E-state index in [2.05, 4.69) is 9.97 Å². The third-order valence-electron chi connectivity index (χ3n) is 6.04. The lowest BCUT2D eigenvalue weighted by Gasteiger charge is -2.40. The zero-order valence-corrected chi connectivity index (χ0v) is 15.5. The van der Waals surface area contributed by atoms with E-state index in [0.717, 1.165) is 31.4 Å². The van der Waals surface area contributed by atoms with Crippen LogP contribution in [-0.4, -0.2) is 66.5 Å². The normalized spacial score (nSPS) is 26.9. The zero-order valence-electron chi connectivity index (χ0n) is 15.5. The van der Waals surface area contributed by atoms with Gasteiger partial charge in [-0.3, -0.25) is 4.79 Å². The number of hydrogen-bond donors (Lipinski definition) is 4. The van der Waals surface area contributed by atoms with Crippen LogP contribution in [0.2, 0.25) is 0 Å². The number of carbonyl (C=O) groups excluding carboxylic acids is 1. The van der Waals surface area contributed by atoms with Crippen LogP contribution in [0.1, 0.15) is 57.6 Å². The van der Waals surface area contributed by atoms with E-state index in [1.165, 1.54) is 0 Å². The largest absolute Gasteiger partial charge is 0.393 e. The number of aliphatic hydroxyl groups excluding tert-OH is 2. The van der Waals surface area contributed by atoms with Gasteiger partial charge in [0.05, 0.1) is 18.0 Å². The van der Waals surface area contributed by atoms with Crippen molar-refractivity contribution >= 4 is 5.91 Å². The molecule has 1 aromatic heterocycles. The van der Waals surface area contributed by atoms with Crippen LogP contribution in [0, 0.1) is 5.92 Å². The Labute approximate surface area is 154 Å². The van der Waals surface area contributed by atoms with E-state index in [1.54, 1.807) is 24.3 Å². The number of H-pyrrole nitrogens is 1. The molecule has 0 aromatic carbocycles. The molecular formula is C19H31N3O4. The zero-order chi connectivity index (χ0) is 18.7. The number of aryl methyl sites for hydroxylation is 1. The van der Waals surface area contributed by atoms with Crippen molar-refractivity contribution in [1.82, 2.24) is 14.9 Å². The molecule has 2 atom stereocenters. The summed E-state index contributed by atoms with van der Waals surface area (Å²) >= 11 is 0. The molecule has 146 valence electrons. The Morgan fingerprint density at radius 3 is 2.62 bits per heavy atom. The predicted octanol–water partition coefficient (Wildman–Crippen LogP) is 0.996.